The van der Waals surface area contributed by atoms with Crippen LogP contribution in [0.3, 0.4) is 0 Å². The molecule has 0 amide bonds. The van der Waals surface area contributed by atoms with Crippen molar-refractivity contribution in [2.75, 3.05) is 5.88 Å². The van der Waals surface area contributed by atoms with Crippen molar-refractivity contribution in [2.45, 2.75) is 17.7 Å². The van der Waals surface area contributed by atoms with Gasteiger partial charge in [-0.25, -0.2) is 4.98 Å². The first kappa shape index (κ1) is 14.4. The van der Waals surface area contributed by atoms with E-state index in [4.69, 9.17) is 27.6 Å². The molecule has 0 bridgehead atoms. The Bertz CT molecular complexity index is 693. The molecule has 0 fully saturated rings. The Hall–Kier alpha value is -1.51. The lowest BCUT2D eigenvalue weighted by Gasteiger charge is -2.23. The van der Waals surface area contributed by atoms with Gasteiger partial charge in [0.05, 0.1) is 0 Å². The molecule has 0 aliphatic carbocycles. The average molecular weight is 320 g/mol. The molecule has 108 valence electrons. The fraction of sp³-hybridized carbons (Fsp3) is 0.235. The third kappa shape index (κ3) is 2.78. The Balaban J connectivity index is 2.10. The minimum absolute atomic E-state index is 0.529. The van der Waals surface area contributed by atoms with Crippen molar-refractivity contribution >= 4 is 34.3 Å². The van der Waals surface area contributed by atoms with Crippen LogP contribution >= 0.6 is 23.2 Å². The number of nitrogens with zero attached hydrogens (tertiary/aromatic N) is 1. The van der Waals surface area contributed by atoms with Gasteiger partial charge in [-0.2, -0.15) is 0 Å². The minimum Gasteiger partial charge on any atom is -0.438 e. The standard InChI is InChI=1S/C17H15Cl2NO/c18-12-6-11-17(19,13-7-2-1-3-8-13)16-20-14-9-4-5-10-15(14)21-16/h1-5,7-10H,6,11-12H2. The minimum atomic E-state index is -0.783. The zero-order valence-corrected chi connectivity index (χ0v) is 12.9. The van der Waals surface area contributed by atoms with Gasteiger partial charge in [-0.05, 0) is 30.5 Å². The summed E-state index contributed by atoms with van der Waals surface area (Å²) in [5.74, 6) is 1.09. The Kier molecular flexibility index (Phi) is 4.18. The average Bonchev–Trinajstić information content (AvgIpc) is 2.98. The molecule has 1 heterocycles. The number of fused-ring (bicyclic) bond motifs is 1. The molecule has 2 aromatic carbocycles. The van der Waals surface area contributed by atoms with E-state index in [0.717, 1.165) is 23.1 Å². The van der Waals surface area contributed by atoms with E-state index in [1.54, 1.807) is 0 Å². The molecule has 0 saturated carbocycles. The fourth-order valence-electron chi connectivity index (χ4n) is 2.43. The summed E-state index contributed by atoms with van der Waals surface area (Å²) in [7, 11) is 0. The molecule has 0 N–H and O–H groups in total. The maximum absolute atomic E-state index is 6.93. The van der Waals surface area contributed by atoms with Crippen molar-refractivity contribution in [3.63, 3.8) is 0 Å². The first-order valence-electron chi connectivity index (χ1n) is 6.90. The van der Waals surface area contributed by atoms with Crippen LogP contribution in [-0.4, -0.2) is 10.9 Å². The largest absolute Gasteiger partial charge is 0.438 e. The summed E-state index contributed by atoms with van der Waals surface area (Å²) in [6.45, 7) is 0. The van der Waals surface area contributed by atoms with Gasteiger partial charge in [-0.3, -0.25) is 0 Å². The molecule has 4 heteroatoms. The molecule has 2 nitrogen and oxygen atoms in total. The zero-order valence-electron chi connectivity index (χ0n) is 11.4. The number of para-hydroxylation sites is 2. The molecular formula is C17H15Cl2NO. The zero-order chi connectivity index (χ0) is 14.7. The van der Waals surface area contributed by atoms with Crippen LogP contribution in [-0.2, 0) is 4.87 Å². The predicted molar refractivity (Wildman–Crippen MR) is 87.0 cm³/mol. The van der Waals surface area contributed by atoms with Crippen molar-refractivity contribution in [1.82, 2.24) is 4.98 Å². The Morgan fingerprint density at radius 2 is 1.71 bits per heavy atom. The lowest BCUT2D eigenvalue weighted by atomic mass is 9.93. The second-order valence-electron chi connectivity index (χ2n) is 4.95. The van der Waals surface area contributed by atoms with Crippen molar-refractivity contribution in [3.05, 3.63) is 66.1 Å². The number of aromatic nitrogens is 1. The maximum Gasteiger partial charge on any atom is 0.221 e. The van der Waals surface area contributed by atoms with Crippen LogP contribution in [0.25, 0.3) is 11.1 Å². The van der Waals surface area contributed by atoms with Gasteiger partial charge in [-0.1, -0.05) is 42.5 Å². The molecule has 0 radical (unpaired) electrons. The molecule has 1 atom stereocenters. The molecule has 1 unspecified atom stereocenters. The normalized spacial score (nSPS) is 14.2. The van der Waals surface area contributed by atoms with Crippen LogP contribution in [0.4, 0.5) is 0 Å². The van der Waals surface area contributed by atoms with E-state index in [0.29, 0.717) is 18.2 Å². The van der Waals surface area contributed by atoms with Crippen LogP contribution < -0.4 is 0 Å². The summed E-state index contributed by atoms with van der Waals surface area (Å²) < 4.78 is 5.90. The smallest absolute Gasteiger partial charge is 0.221 e. The number of alkyl halides is 2. The third-order valence-corrected chi connectivity index (χ3v) is 4.36. The number of benzene rings is 2. The molecule has 0 spiro atoms. The van der Waals surface area contributed by atoms with E-state index in [2.05, 4.69) is 4.98 Å². The van der Waals surface area contributed by atoms with Gasteiger partial charge in [0.15, 0.2) is 5.58 Å². The second kappa shape index (κ2) is 6.08. The highest BCUT2D eigenvalue weighted by Crippen LogP contribution is 2.41. The Morgan fingerprint density at radius 3 is 2.43 bits per heavy atom. The second-order valence-corrected chi connectivity index (χ2v) is 5.97. The van der Waals surface area contributed by atoms with Crippen molar-refractivity contribution in [1.29, 1.82) is 0 Å². The van der Waals surface area contributed by atoms with Gasteiger partial charge in [0.1, 0.15) is 10.4 Å². The van der Waals surface area contributed by atoms with Crippen LogP contribution in [0.2, 0.25) is 0 Å². The maximum atomic E-state index is 6.93. The van der Waals surface area contributed by atoms with E-state index >= 15 is 0 Å². The topological polar surface area (TPSA) is 26.0 Å². The first-order chi connectivity index (χ1) is 10.2. The number of halogens is 2. The van der Waals surface area contributed by atoms with Crippen molar-refractivity contribution in [2.24, 2.45) is 0 Å². The first-order valence-corrected chi connectivity index (χ1v) is 7.82. The summed E-state index contributed by atoms with van der Waals surface area (Å²) in [5.41, 5.74) is 2.54. The van der Waals surface area contributed by atoms with E-state index in [-0.39, 0.29) is 0 Å². The SMILES string of the molecule is ClCCCC(Cl)(c1ccccc1)c1nc2ccccc2o1. The molecule has 0 saturated heterocycles. The summed E-state index contributed by atoms with van der Waals surface area (Å²) in [6.07, 6.45) is 1.47. The lowest BCUT2D eigenvalue weighted by Crippen LogP contribution is -2.21. The van der Waals surface area contributed by atoms with Crippen molar-refractivity contribution in [3.8, 4) is 0 Å². The third-order valence-electron chi connectivity index (χ3n) is 3.52. The lowest BCUT2D eigenvalue weighted by molar-refractivity contribution is 0.451. The molecule has 3 aromatic rings. The fourth-order valence-corrected chi connectivity index (χ4v) is 2.90. The van der Waals surface area contributed by atoms with E-state index in [9.17, 15) is 0 Å². The quantitative estimate of drug-likeness (QED) is 0.594. The van der Waals surface area contributed by atoms with E-state index in [1.807, 2.05) is 54.6 Å². The summed E-state index contributed by atoms with van der Waals surface area (Å²) in [4.78, 5) is 3.79. The van der Waals surface area contributed by atoms with Crippen molar-refractivity contribution < 1.29 is 4.42 Å². The highest BCUT2D eigenvalue weighted by atomic mass is 35.5. The highest BCUT2D eigenvalue weighted by Gasteiger charge is 2.36. The number of hydrogen-bond donors (Lipinski definition) is 0. The monoisotopic (exact) mass is 319 g/mol. The molecule has 0 aliphatic heterocycles. The number of rotatable bonds is 5. The molecule has 3 rings (SSSR count). The van der Waals surface area contributed by atoms with E-state index in [1.165, 1.54) is 0 Å². The van der Waals surface area contributed by atoms with Gasteiger partial charge < -0.3 is 4.42 Å². The van der Waals surface area contributed by atoms with Crippen LogP contribution in [0.1, 0.15) is 24.3 Å². The summed E-state index contributed by atoms with van der Waals surface area (Å²) in [6, 6.07) is 17.6. The van der Waals surface area contributed by atoms with Crippen LogP contribution in [0, 0.1) is 0 Å². The predicted octanol–water partition coefficient (Wildman–Crippen LogP) is 5.33. The van der Waals surface area contributed by atoms with Gasteiger partial charge in [0.25, 0.3) is 0 Å². The Morgan fingerprint density at radius 1 is 1.00 bits per heavy atom. The number of oxazole rings is 1. The molecule has 1 aromatic heterocycles. The van der Waals surface area contributed by atoms with Crippen LogP contribution in [0.15, 0.2) is 59.0 Å². The summed E-state index contributed by atoms with van der Waals surface area (Å²) in [5, 5.41) is 0. The molecule has 0 aliphatic rings. The van der Waals surface area contributed by atoms with E-state index < -0.39 is 4.87 Å². The number of hydrogen-bond acceptors (Lipinski definition) is 2. The van der Waals surface area contributed by atoms with Gasteiger partial charge in [-0.15, -0.1) is 23.2 Å². The molecular weight excluding hydrogens is 305 g/mol. The van der Waals surface area contributed by atoms with Crippen LogP contribution in [0.5, 0.6) is 0 Å². The van der Waals surface area contributed by atoms with Gasteiger partial charge in [0.2, 0.25) is 5.89 Å². The summed E-state index contributed by atoms with van der Waals surface area (Å²) >= 11 is 12.8. The highest BCUT2D eigenvalue weighted by molar-refractivity contribution is 6.25. The Labute approximate surface area is 133 Å². The van der Waals surface area contributed by atoms with Gasteiger partial charge in [0, 0.05) is 5.88 Å². The molecule has 21 heavy (non-hydrogen) atoms. The van der Waals surface area contributed by atoms with Gasteiger partial charge >= 0.3 is 0 Å².